The van der Waals surface area contributed by atoms with Crippen molar-refractivity contribution in [2.45, 2.75) is 20.0 Å². The maximum Gasteiger partial charge on any atom is 0.239 e. The Morgan fingerprint density at radius 3 is 2.89 bits per heavy atom. The van der Waals surface area contributed by atoms with Gasteiger partial charge in [0, 0.05) is 25.3 Å². The number of nitrogens with zero attached hydrogens (tertiary/aromatic N) is 1. The lowest BCUT2D eigenvalue weighted by atomic mass is 10.1. The molecule has 0 bridgehead atoms. The molecule has 0 saturated heterocycles. The molecule has 1 aromatic carbocycles. The van der Waals surface area contributed by atoms with E-state index < -0.39 is 0 Å². The highest BCUT2D eigenvalue weighted by atomic mass is 16.1. The monoisotopic (exact) mass is 245 g/mol. The van der Waals surface area contributed by atoms with Gasteiger partial charge in [-0.25, -0.2) is 0 Å². The molecule has 0 spiro atoms. The first-order chi connectivity index (χ1) is 8.74. The Labute approximate surface area is 107 Å². The Kier molecular flexibility index (Phi) is 3.99. The molecule has 1 amide bonds. The van der Waals surface area contributed by atoms with Gasteiger partial charge in [0.25, 0.3) is 0 Å². The van der Waals surface area contributed by atoms with Gasteiger partial charge < -0.3 is 15.2 Å². The molecule has 0 atom stereocenters. The van der Waals surface area contributed by atoms with Gasteiger partial charge in [-0.2, -0.15) is 0 Å². The van der Waals surface area contributed by atoms with Crippen LogP contribution in [-0.4, -0.2) is 24.1 Å². The van der Waals surface area contributed by atoms with E-state index in [2.05, 4.69) is 35.8 Å². The number of amides is 1. The molecular formula is C14H19N3O. The Morgan fingerprint density at radius 2 is 2.17 bits per heavy atom. The molecule has 0 aliphatic heterocycles. The van der Waals surface area contributed by atoms with Crippen molar-refractivity contribution in [3.05, 3.63) is 36.0 Å². The van der Waals surface area contributed by atoms with Crippen LogP contribution in [0.15, 0.2) is 30.5 Å². The number of hydrogen-bond donors (Lipinski definition) is 2. The van der Waals surface area contributed by atoms with Crippen molar-refractivity contribution < 1.29 is 4.79 Å². The van der Waals surface area contributed by atoms with Crippen molar-refractivity contribution in [1.29, 1.82) is 0 Å². The van der Waals surface area contributed by atoms with Crippen molar-refractivity contribution >= 4 is 16.8 Å². The SMILES string of the molecule is CCNCc1ccc2c(ccn2CC(=O)NC)c1. The maximum absolute atomic E-state index is 11.4. The Bertz CT molecular complexity index is 545. The highest BCUT2D eigenvalue weighted by Crippen LogP contribution is 2.17. The zero-order valence-corrected chi connectivity index (χ0v) is 10.9. The third-order valence-corrected chi connectivity index (χ3v) is 3.01. The molecule has 4 heteroatoms. The van der Waals surface area contributed by atoms with Crippen LogP contribution in [0.25, 0.3) is 10.9 Å². The van der Waals surface area contributed by atoms with Crippen LogP contribution in [0.2, 0.25) is 0 Å². The van der Waals surface area contributed by atoms with Gasteiger partial charge in [0.2, 0.25) is 5.91 Å². The molecule has 2 aromatic rings. The molecule has 0 saturated carbocycles. The number of aromatic nitrogens is 1. The summed E-state index contributed by atoms with van der Waals surface area (Å²) in [7, 11) is 1.66. The number of hydrogen-bond acceptors (Lipinski definition) is 2. The topological polar surface area (TPSA) is 46.1 Å². The molecule has 0 aliphatic carbocycles. The number of rotatable bonds is 5. The van der Waals surface area contributed by atoms with Crippen molar-refractivity contribution in [1.82, 2.24) is 15.2 Å². The summed E-state index contributed by atoms with van der Waals surface area (Å²) in [5, 5.41) is 7.12. The van der Waals surface area contributed by atoms with Crippen molar-refractivity contribution in [2.75, 3.05) is 13.6 Å². The van der Waals surface area contributed by atoms with Crippen LogP contribution >= 0.6 is 0 Å². The Morgan fingerprint density at radius 1 is 1.33 bits per heavy atom. The van der Waals surface area contributed by atoms with Crippen molar-refractivity contribution in [2.24, 2.45) is 0 Å². The van der Waals surface area contributed by atoms with Gasteiger partial charge >= 0.3 is 0 Å². The molecule has 4 nitrogen and oxygen atoms in total. The summed E-state index contributed by atoms with van der Waals surface area (Å²) in [4.78, 5) is 11.4. The van der Waals surface area contributed by atoms with E-state index in [1.54, 1.807) is 7.05 Å². The van der Waals surface area contributed by atoms with Crippen molar-refractivity contribution in [3.63, 3.8) is 0 Å². The van der Waals surface area contributed by atoms with Crippen molar-refractivity contribution in [3.8, 4) is 0 Å². The molecule has 1 heterocycles. The summed E-state index contributed by atoms with van der Waals surface area (Å²) in [5.74, 6) is 0.0178. The predicted molar refractivity (Wildman–Crippen MR) is 73.4 cm³/mol. The van der Waals surface area contributed by atoms with Crippen LogP contribution in [0.5, 0.6) is 0 Å². The summed E-state index contributed by atoms with van der Waals surface area (Å²) < 4.78 is 1.96. The van der Waals surface area contributed by atoms with Crippen LogP contribution in [-0.2, 0) is 17.9 Å². The lowest BCUT2D eigenvalue weighted by molar-refractivity contribution is -0.121. The number of carbonyl (C=O) groups is 1. The Balaban J connectivity index is 2.23. The van der Waals surface area contributed by atoms with E-state index in [4.69, 9.17) is 0 Å². The van der Waals surface area contributed by atoms with E-state index in [0.717, 1.165) is 18.6 Å². The molecule has 18 heavy (non-hydrogen) atoms. The van der Waals surface area contributed by atoms with E-state index in [0.29, 0.717) is 6.54 Å². The number of likely N-dealkylation sites (N-methyl/N-ethyl adjacent to an activating group) is 1. The molecule has 2 rings (SSSR count). The normalized spacial score (nSPS) is 10.8. The second-order valence-electron chi connectivity index (χ2n) is 4.29. The molecule has 0 radical (unpaired) electrons. The lowest BCUT2D eigenvalue weighted by Crippen LogP contribution is -2.22. The van der Waals surface area contributed by atoms with E-state index in [1.807, 2.05) is 16.8 Å². The minimum Gasteiger partial charge on any atom is -0.358 e. The predicted octanol–water partition coefficient (Wildman–Crippen LogP) is 1.50. The summed E-state index contributed by atoms with van der Waals surface area (Å²) >= 11 is 0. The molecular weight excluding hydrogens is 226 g/mol. The lowest BCUT2D eigenvalue weighted by Gasteiger charge is -2.06. The number of nitrogens with one attached hydrogen (secondary N) is 2. The Hall–Kier alpha value is -1.81. The fraction of sp³-hybridized carbons (Fsp3) is 0.357. The highest BCUT2D eigenvalue weighted by molar-refractivity contribution is 5.83. The summed E-state index contributed by atoms with van der Waals surface area (Å²) in [6.07, 6.45) is 1.96. The maximum atomic E-state index is 11.4. The molecule has 0 aliphatic rings. The first-order valence-corrected chi connectivity index (χ1v) is 6.23. The first kappa shape index (κ1) is 12.6. The zero-order chi connectivity index (χ0) is 13.0. The minimum atomic E-state index is 0.0178. The third-order valence-electron chi connectivity index (χ3n) is 3.01. The molecule has 0 unspecified atom stereocenters. The summed E-state index contributed by atoms with van der Waals surface area (Å²) in [5.41, 5.74) is 2.36. The smallest absolute Gasteiger partial charge is 0.239 e. The van der Waals surface area contributed by atoms with Crippen LogP contribution in [0, 0.1) is 0 Å². The van der Waals surface area contributed by atoms with E-state index >= 15 is 0 Å². The van der Waals surface area contributed by atoms with E-state index in [-0.39, 0.29) is 5.91 Å². The average molecular weight is 245 g/mol. The fourth-order valence-corrected chi connectivity index (χ4v) is 2.00. The van der Waals surface area contributed by atoms with E-state index in [1.165, 1.54) is 10.9 Å². The van der Waals surface area contributed by atoms with Gasteiger partial charge in [-0.05, 0) is 35.7 Å². The molecule has 96 valence electrons. The van der Waals surface area contributed by atoms with E-state index in [9.17, 15) is 4.79 Å². The third kappa shape index (κ3) is 2.71. The second-order valence-corrected chi connectivity index (χ2v) is 4.29. The molecule has 0 fully saturated rings. The van der Waals surface area contributed by atoms with Gasteiger partial charge in [0.05, 0.1) is 0 Å². The average Bonchev–Trinajstić information content (AvgIpc) is 2.78. The van der Waals surface area contributed by atoms with Gasteiger partial charge in [0.15, 0.2) is 0 Å². The molecule has 1 aromatic heterocycles. The summed E-state index contributed by atoms with van der Waals surface area (Å²) in [6.45, 7) is 4.31. The largest absolute Gasteiger partial charge is 0.358 e. The second kappa shape index (κ2) is 5.69. The number of benzene rings is 1. The van der Waals surface area contributed by atoms with Gasteiger partial charge in [-0.1, -0.05) is 13.0 Å². The van der Waals surface area contributed by atoms with Crippen LogP contribution in [0.3, 0.4) is 0 Å². The fourth-order valence-electron chi connectivity index (χ4n) is 2.00. The molecule has 2 N–H and O–H groups in total. The number of carbonyl (C=O) groups excluding carboxylic acids is 1. The summed E-state index contributed by atoms with van der Waals surface area (Å²) in [6, 6.07) is 8.39. The van der Waals surface area contributed by atoms with Gasteiger partial charge in [0.1, 0.15) is 6.54 Å². The zero-order valence-electron chi connectivity index (χ0n) is 10.9. The van der Waals surface area contributed by atoms with Gasteiger partial charge in [-0.3, -0.25) is 4.79 Å². The van der Waals surface area contributed by atoms with Crippen LogP contribution in [0.1, 0.15) is 12.5 Å². The van der Waals surface area contributed by atoms with Gasteiger partial charge in [-0.15, -0.1) is 0 Å². The van der Waals surface area contributed by atoms with Crippen LogP contribution in [0.4, 0.5) is 0 Å². The first-order valence-electron chi connectivity index (χ1n) is 6.23. The minimum absolute atomic E-state index is 0.0178. The quantitative estimate of drug-likeness (QED) is 0.838. The number of fused-ring (bicyclic) bond motifs is 1. The highest BCUT2D eigenvalue weighted by Gasteiger charge is 2.05. The van der Waals surface area contributed by atoms with Crippen LogP contribution < -0.4 is 10.6 Å². The standard InChI is InChI=1S/C14H19N3O/c1-3-16-9-11-4-5-13-12(8-11)6-7-17(13)10-14(18)15-2/h4-8,16H,3,9-10H2,1-2H3,(H,15,18).